The minimum Gasteiger partial charge on any atom is -0.354 e. The SMILES string of the molecule is Cc1nc(-c2cccc(NC(=O)C3CCCN(c4ccc(-n5ccnc5C)nn4)C3)c2)cs1. The Kier molecular flexibility index (Phi) is 5.87. The molecule has 0 bridgehead atoms. The zero-order valence-electron chi connectivity index (χ0n) is 18.6. The molecule has 1 N–H and O–H groups in total. The van der Waals surface area contributed by atoms with Crippen LogP contribution in [0.4, 0.5) is 11.5 Å². The number of nitrogens with zero attached hydrogens (tertiary/aromatic N) is 6. The topological polar surface area (TPSA) is 88.8 Å². The van der Waals surface area contributed by atoms with Crippen molar-refractivity contribution in [3.63, 3.8) is 0 Å². The first-order valence-electron chi connectivity index (χ1n) is 11.0. The number of nitrogens with one attached hydrogen (secondary N) is 1. The summed E-state index contributed by atoms with van der Waals surface area (Å²) in [6, 6.07) is 11.8. The highest BCUT2D eigenvalue weighted by Crippen LogP contribution is 2.26. The Morgan fingerprint density at radius 2 is 2.00 bits per heavy atom. The normalized spacial score (nSPS) is 16.1. The molecule has 1 aromatic carbocycles. The van der Waals surface area contributed by atoms with Gasteiger partial charge < -0.3 is 10.2 Å². The molecule has 0 radical (unpaired) electrons. The number of carbonyl (C=O) groups is 1. The van der Waals surface area contributed by atoms with Crippen molar-refractivity contribution in [2.24, 2.45) is 5.92 Å². The van der Waals surface area contributed by atoms with Crippen LogP contribution >= 0.6 is 11.3 Å². The van der Waals surface area contributed by atoms with Gasteiger partial charge in [0.2, 0.25) is 5.91 Å². The van der Waals surface area contributed by atoms with E-state index in [9.17, 15) is 4.79 Å². The highest BCUT2D eigenvalue weighted by Gasteiger charge is 2.27. The number of thiazole rings is 1. The molecule has 8 nitrogen and oxygen atoms in total. The molecule has 1 fully saturated rings. The molecule has 1 unspecified atom stereocenters. The molecule has 168 valence electrons. The number of aryl methyl sites for hydroxylation is 2. The maximum atomic E-state index is 13.0. The third-order valence-electron chi connectivity index (χ3n) is 5.87. The Labute approximate surface area is 196 Å². The highest BCUT2D eigenvalue weighted by atomic mass is 32.1. The van der Waals surface area contributed by atoms with Crippen molar-refractivity contribution >= 4 is 28.7 Å². The second kappa shape index (κ2) is 9.11. The number of hydrogen-bond donors (Lipinski definition) is 1. The lowest BCUT2D eigenvalue weighted by atomic mass is 9.97. The van der Waals surface area contributed by atoms with Gasteiger partial charge >= 0.3 is 0 Å². The number of carbonyl (C=O) groups excluding carboxylic acids is 1. The summed E-state index contributed by atoms with van der Waals surface area (Å²) in [5.41, 5.74) is 2.73. The lowest BCUT2D eigenvalue weighted by Gasteiger charge is -2.32. The molecule has 3 aromatic heterocycles. The summed E-state index contributed by atoms with van der Waals surface area (Å²) >= 11 is 1.62. The second-order valence-corrected chi connectivity index (χ2v) is 9.26. The predicted octanol–water partition coefficient (Wildman–Crippen LogP) is 4.26. The van der Waals surface area contributed by atoms with E-state index in [1.54, 1.807) is 17.5 Å². The van der Waals surface area contributed by atoms with E-state index < -0.39 is 0 Å². The third-order valence-corrected chi connectivity index (χ3v) is 6.64. The van der Waals surface area contributed by atoms with Crippen molar-refractivity contribution in [2.45, 2.75) is 26.7 Å². The fraction of sp³-hybridized carbons (Fsp3) is 0.292. The molecule has 33 heavy (non-hydrogen) atoms. The van der Waals surface area contributed by atoms with Crippen molar-refractivity contribution < 1.29 is 4.79 Å². The van der Waals surface area contributed by atoms with Gasteiger partial charge in [-0.05, 0) is 51.0 Å². The number of aromatic nitrogens is 5. The standard InChI is InChI=1S/C24H25N7OS/c1-16-25-10-12-31(16)23-9-8-22(28-29-23)30-11-4-6-19(14-30)24(32)27-20-7-3-5-18(13-20)21-15-33-17(2)26-21/h3,5,7-10,12-13,15,19H,4,6,11,14H2,1-2H3,(H,27,32). The Morgan fingerprint density at radius 3 is 2.73 bits per heavy atom. The number of piperidine rings is 1. The number of anilines is 2. The predicted molar refractivity (Wildman–Crippen MR) is 130 cm³/mol. The molecule has 1 aliphatic heterocycles. The monoisotopic (exact) mass is 459 g/mol. The summed E-state index contributed by atoms with van der Waals surface area (Å²) in [5, 5.41) is 14.9. The van der Waals surface area contributed by atoms with Crippen LogP contribution in [-0.2, 0) is 4.79 Å². The quantitative estimate of drug-likeness (QED) is 0.480. The molecular weight excluding hydrogens is 434 g/mol. The van der Waals surface area contributed by atoms with Crippen LogP contribution < -0.4 is 10.2 Å². The first-order chi connectivity index (χ1) is 16.1. The Morgan fingerprint density at radius 1 is 1.15 bits per heavy atom. The minimum atomic E-state index is -0.110. The van der Waals surface area contributed by atoms with E-state index in [-0.39, 0.29) is 11.8 Å². The smallest absolute Gasteiger partial charge is 0.229 e. The van der Waals surface area contributed by atoms with Crippen LogP contribution in [0.2, 0.25) is 0 Å². The van der Waals surface area contributed by atoms with Gasteiger partial charge in [-0.25, -0.2) is 9.97 Å². The Hall–Kier alpha value is -3.59. The van der Waals surface area contributed by atoms with Crippen molar-refractivity contribution in [1.29, 1.82) is 0 Å². The van der Waals surface area contributed by atoms with E-state index in [0.29, 0.717) is 6.54 Å². The van der Waals surface area contributed by atoms with E-state index in [0.717, 1.165) is 58.8 Å². The number of hydrogen-bond acceptors (Lipinski definition) is 7. The average Bonchev–Trinajstić information content (AvgIpc) is 3.47. The third kappa shape index (κ3) is 4.63. The number of imidazole rings is 1. The van der Waals surface area contributed by atoms with Crippen molar-refractivity contribution in [3.05, 3.63) is 65.0 Å². The zero-order valence-corrected chi connectivity index (χ0v) is 19.4. The summed E-state index contributed by atoms with van der Waals surface area (Å²) in [5.74, 6) is 2.30. The van der Waals surface area contributed by atoms with Crippen molar-refractivity contribution in [3.8, 4) is 17.1 Å². The molecule has 1 atom stereocenters. The van der Waals surface area contributed by atoms with Crippen LogP contribution in [0.1, 0.15) is 23.7 Å². The summed E-state index contributed by atoms with van der Waals surface area (Å²) in [6.45, 7) is 5.40. The van der Waals surface area contributed by atoms with Crippen LogP contribution in [0.5, 0.6) is 0 Å². The Balaban J connectivity index is 1.25. The van der Waals surface area contributed by atoms with Crippen molar-refractivity contribution in [2.75, 3.05) is 23.3 Å². The van der Waals surface area contributed by atoms with Gasteiger partial charge in [-0.15, -0.1) is 21.5 Å². The van der Waals surface area contributed by atoms with Gasteiger partial charge in [-0.1, -0.05) is 12.1 Å². The number of rotatable bonds is 5. The lowest BCUT2D eigenvalue weighted by Crippen LogP contribution is -2.41. The van der Waals surface area contributed by atoms with E-state index in [1.165, 1.54) is 0 Å². The number of benzene rings is 1. The number of amides is 1. The fourth-order valence-electron chi connectivity index (χ4n) is 4.13. The van der Waals surface area contributed by atoms with E-state index in [2.05, 4.69) is 30.4 Å². The molecule has 9 heteroatoms. The zero-order chi connectivity index (χ0) is 22.8. The van der Waals surface area contributed by atoms with E-state index in [4.69, 9.17) is 0 Å². The molecule has 4 aromatic rings. The van der Waals surface area contributed by atoms with Crippen LogP contribution in [-0.4, -0.2) is 43.7 Å². The molecule has 1 saturated heterocycles. The molecule has 0 spiro atoms. The van der Waals surface area contributed by atoms with Crippen molar-refractivity contribution in [1.82, 2.24) is 24.7 Å². The van der Waals surface area contributed by atoms with E-state index in [1.807, 2.05) is 66.4 Å². The summed E-state index contributed by atoms with van der Waals surface area (Å²) in [7, 11) is 0. The van der Waals surface area contributed by atoms with Gasteiger partial charge in [0.25, 0.3) is 0 Å². The fourth-order valence-corrected chi connectivity index (χ4v) is 4.75. The summed E-state index contributed by atoms with van der Waals surface area (Å²) in [6.07, 6.45) is 5.39. The summed E-state index contributed by atoms with van der Waals surface area (Å²) < 4.78 is 1.89. The largest absolute Gasteiger partial charge is 0.354 e. The van der Waals surface area contributed by atoms with E-state index >= 15 is 0 Å². The van der Waals surface area contributed by atoms with Crippen LogP contribution in [0.3, 0.4) is 0 Å². The van der Waals surface area contributed by atoms with Crippen LogP contribution in [0.15, 0.2) is 54.2 Å². The van der Waals surface area contributed by atoms with Gasteiger partial charge in [-0.3, -0.25) is 9.36 Å². The average molecular weight is 460 g/mol. The molecule has 0 saturated carbocycles. The van der Waals surface area contributed by atoms with Gasteiger partial charge in [0.15, 0.2) is 11.6 Å². The molecule has 5 rings (SSSR count). The molecule has 4 heterocycles. The Bertz CT molecular complexity index is 1260. The lowest BCUT2D eigenvalue weighted by molar-refractivity contribution is -0.120. The van der Waals surface area contributed by atoms with Gasteiger partial charge in [0.1, 0.15) is 5.82 Å². The second-order valence-electron chi connectivity index (χ2n) is 8.20. The van der Waals surface area contributed by atoms with Gasteiger partial charge in [-0.2, -0.15) is 0 Å². The molecular formula is C24H25N7OS. The van der Waals surface area contributed by atoms with Gasteiger partial charge in [0.05, 0.1) is 16.6 Å². The molecule has 1 aliphatic rings. The van der Waals surface area contributed by atoms with Crippen LogP contribution in [0.25, 0.3) is 17.1 Å². The first kappa shape index (κ1) is 21.3. The van der Waals surface area contributed by atoms with Gasteiger partial charge in [0, 0.05) is 42.1 Å². The first-order valence-corrected chi connectivity index (χ1v) is 11.9. The molecule has 1 amide bonds. The maximum Gasteiger partial charge on any atom is 0.229 e. The minimum absolute atomic E-state index is 0.0323. The van der Waals surface area contributed by atoms with Crippen LogP contribution in [0, 0.1) is 19.8 Å². The highest BCUT2D eigenvalue weighted by molar-refractivity contribution is 7.09. The summed E-state index contributed by atoms with van der Waals surface area (Å²) in [4.78, 5) is 24.0. The molecule has 0 aliphatic carbocycles. The maximum absolute atomic E-state index is 13.0.